The second-order valence-corrected chi connectivity index (χ2v) is 9.67. The van der Waals surface area contributed by atoms with Crippen LogP contribution in [-0.2, 0) is 9.53 Å². The van der Waals surface area contributed by atoms with Crippen LogP contribution >= 0.6 is 27.3 Å². The molecule has 35 heavy (non-hydrogen) atoms. The molecule has 3 heterocycles. The fourth-order valence-corrected chi connectivity index (χ4v) is 5.72. The molecular weight excluding hydrogens is 536 g/mol. The topological polar surface area (TPSA) is 88.4 Å². The molecule has 0 N–H and O–H groups in total. The van der Waals surface area contributed by atoms with Crippen molar-refractivity contribution in [1.29, 1.82) is 0 Å². The average molecular weight is 557 g/mol. The van der Waals surface area contributed by atoms with Crippen LogP contribution in [0.15, 0.2) is 61.9 Å². The molecule has 8 nitrogen and oxygen atoms in total. The number of carbonyl (C=O) groups is 1. The predicted octanol–water partition coefficient (Wildman–Crippen LogP) is 3.30. The van der Waals surface area contributed by atoms with Crippen LogP contribution < -0.4 is 29.1 Å². The molecule has 0 radical (unpaired) electrons. The van der Waals surface area contributed by atoms with E-state index in [1.807, 2.05) is 30.3 Å². The van der Waals surface area contributed by atoms with Crippen LogP contribution in [0, 0.1) is 0 Å². The molecule has 3 aromatic rings. The molecule has 1 unspecified atom stereocenters. The largest absolute Gasteiger partial charge is 0.496 e. The van der Waals surface area contributed by atoms with Crippen LogP contribution in [0.3, 0.4) is 0 Å². The summed E-state index contributed by atoms with van der Waals surface area (Å²) in [6, 6.07) is 10.3. The van der Waals surface area contributed by atoms with Gasteiger partial charge in [-0.05, 0) is 71.2 Å². The second kappa shape index (κ2) is 9.35. The van der Waals surface area contributed by atoms with E-state index in [0.717, 1.165) is 11.1 Å². The van der Waals surface area contributed by atoms with E-state index in [4.69, 9.17) is 18.9 Å². The number of nitrogens with zero attached hydrogens (tertiary/aromatic N) is 2. The SMILES string of the molecule is CCOC(=O)C1=C(C)N=c2sc(=Cc3ccc4c(c3)OCO4)c(=O)n2C1c1ccc(OC)c(Br)c1. The van der Waals surface area contributed by atoms with Crippen molar-refractivity contribution in [2.75, 3.05) is 20.5 Å². The predicted molar refractivity (Wildman–Crippen MR) is 134 cm³/mol. The highest BCUT2D eigenvalue weighted by atomic mass is 79.9. The van der Waals surface area contributed by atoms with Gasteiger partial charge in [0, 0.05) is 0 Å². The minimum Gasteiger partial charge on any atom is -0.496 e. The van der Waals surface area contributed by atoms with E-state index in [9.17, 15) is 9.59 Å². The lowest BCUT2D eigenvalue weighted by Gasteiger charge is -2.25. The third-order valence-electron chi connectivity index (χ3n) is 5.70. The van der Waals surface area contributed by atoms with Gasteiger partial charge in [-0.1, -0.05) is 23.5 Å². The summed E-state index contributed by atoms with van der Waals surface area (Å²) in [4.78, 5) is 31.8. The Kier molecular flexibility index (Phi) is 6.24. The van der Waals surface area contributed by atoms with Crippen LogP contribution in [0.1, 0.15) is 31.0 Å². The van der Waals surface area contributed by atoms with Gasteiger partial charge in [0.25, 0.3) is 5.56 Å². The highest BCUT2D eigenvalue weighted by molar-refractivity contribution is 9.10. The first-order valence-electron chi connectivity index (χ1n) is 10.8. The number of rotatable bonds is 5. The van der Waals surface area contributed by atoms with Crippen LogP contribution in [-0.4, -0.2) is 31.0 Å². The van der Waals surface area contributed by atoms with E-state index in [0.29, 0.717) is 42.3 Å². The Morgan fingerprint density at radius 2 is 2.06 bits per heavy atom. The summed E-state index contributed by atoms with van der Waals surface area (Å²) in [5, 5.41) is 0. The van der Waals surface area contributed by atoms with Crippen LogP contribution in [0.25, 0.3) is 6.08 Å². The lowest BCUT2D eigenvalue weighted by atomic mass is 9.96. The zero-order chi connectivity index (χ0) is 24.7. The lowest BCUT2D eigenvalue weighted by molar-refractivity contribution is -0.139. The number of halogens is 1. The molecule has 0 aliphatic carbocycles. The van der Waals surface area contributed by atoms with Crippen molar-refractivity contribution in [3.8, 4) is 17.2 Å². The molecule has 0 amide bonds. The van der Waals surface area contributed by atoms with E-state index in [1.54, 1.807) is 37.7 Å². The van der Waals surface area contributed by atoms with Crippen molar-refractivity contribution in [2.24, 2.45) is 4.99 Å². The van der Waals surface area contributed by atoms with Crippen LogP contribution in [0.5, 0.6) is 17.2 Å². The Morgan fingerprint density at radius 1 is 1.26 bits per heavy atom. The fraction of sp³-hybridized carbons (Fsp3) is 0.240. The Labute approximate surface area is 212 Å². The second-order valence-electron chi connectivity index (χ2n) is 7.81. The van der Waals surface area contributed by atoms with Gasteiger partial charge >= 0.3 is 5.97 Å². The van der Waals surface area contributed by atoms with Gasteiger partial charge in [0.15, 0.2) is 16.3 Å². The number of fused-ring (bicyclic) bond motifs is 2. The summed E-state index contributed by atoms with van der Waals surface area (Å²) >= 11 is 4.78. The van der Waals surface area contributed by atoms with Gasteiger partial charge in [-0.3, -0.25) is 9.36 Å². The number of allylic oxidation sites excluding steroid dienone is 1. The van der Waals surface area contributed by atoms with Gasteiger partial charge in [0.05, 0.1) is 40.0 Å². The van der Waals surface area contributed by atoms with Crippen LogP contribution in [0.4, 0.5) is 0 Å². The molecule has 5 rings (SSSR count). The van der Waals surface area contributed by atoms with Crippen molar-refractivity contribution in [3.63, 3.8) is 0 Å². The number of carbonyl (C=O) groups excluding carboxylic acids is 1. The summed E-state index contributed by atoms with van der Waals surface area (Å²) in [6.45, 7) is 3.89. The van der Waals surface area contributed by atoms with Gasteiger partial charge in [0.1, 0.15) is 5.75 Å². The molecule has 0 fully saturated rings. The highest BCUT2D eigenvalue weighted by Crippen LogP contribution is 2.35. The Bertz CT molecular complexity index is 1550. The molecule has 10 heteroatoms. The van der Waals surface area contributed by atoms with Crippen molar-refractivity contribution in [2.45, 2.75) is 19.9 Å². The maximum absolute atomic E-state index is 13.7. The zero-order valence-corrected chi connectivity index (χ0v) is 21.6. The highest BCUT2D eigenvalue weighted by Gasteiger charge is 2.33. The third-order valence-corrected chi connectivity index (χ3v) is 7.31. The summed E-state index contributed by atoms with van der Waals surface area (Å²) in [7, 11) is 1.58. The lowest BCUT2D eigenvalue weighted by Crippen LogP contribution is -2.39. The van der Waals surface area contributed by atoms with E-state index in [-0.39, 0.29) is 19.0 Å². The van der Waals surface area contributed by atoms with Crippen LogP contribution in [0.2, 0.25) is 0 Å². The molecule has 0 bridgehead atoms. The number of hydrogen-bond donors (Lipinski definition) is 0. The van der Waals surface area contributed by atoms with Gasteiger partial charge in [0.2, 0.25) is 6.79 Å². The van der Waals surface area contributed by atoms with Gasteiger partial charge in [-0.15, -0.1) is 0 Å². The molecule has 2 aliphatic heterocycles. The summed E-state index contributed by atoms with van der Waals surface area (Å²) in [5.41, 5.74) is 2.11. The van der Waals surface area contributed by atoms with E-state index < -0.39 is 12.0 Å². The number of benzene rings is 2. The Hall–Kier alpha value is -3.37. The quantitative estimate of drug-likeness (QED) is 0.448. The number of aromatic nitrogens is 1. The maximum Gasteiger partial charge on any atom is 0.338 e. The number of hydrogen-bond acceptors (Lipinski definition) is 8. The standard InChI is InChI=1S/C25H21BrN2O6S/c1-4-32-24(30)21-13(2)27-25-28(22(21)15-6-8-17(31-3)16(26)11-15)23(29)20(35-25)10-14-5-7-18-19(9-14)34-12-33-18/h5-11,22H,4,12H2,1-3H3. The molecule has 1 atom stereocenters. The first-order valence-corrected chi connectivity index (χ1v) is 12.4. The number of ether oxygens (including phenoxy) is 4. The van der Waals surface area contributed by atoms with E-state index >= 15 is 0 Å². The van der Waals surface area contributed by atoms with Gasteiger partial charge in [-0.25, -0.2) is 9.79 Å². The minimum absolute atomic E-state index is 0.175. The van der Waals surface area contributed by atoms with Crippen molar-refractivity contribution < 1.29 is 23.7 Å². The normalized spacial score (nSPS) is 16.7. The summed E-state index contributed by atoms with van der Waals surface area (Å²) < 4.78 is 24.3. The van der Waals surface area contributed by atoms with Crippen molar-refractivity contribution in [1.82, 2.24) is 4.57 Å². The van der Waals surface area contributed by atoms with E-state index in [1.165, 1.54) is 11.3 Å². The monoisotopic (exact) mass is 556 g/mol. The Morgan fingerprint density at radius 3 is 2.80 bits per heavy atom. The van der Waals surface area contributed by atoms with Gasteiger partial charge < -0.3 is 18.9 Å². The third kappa shape index (κ3) is 4.17. The first kappa shape index (κ1) is 23.4. The number of thiazole rings is 1. The molecule has 1 aromatic heterocycles. The molecule has 0 spiro atoms. The Balaban J connectivity index is 1.70. The number of esters is 1. The molecule has 180 valence electrons. The summed E-state index contributed by atoms with van der Waals surface area (Å²) in [6.07, 6.45) is 1.79. The number of methoxy groups -OCH3 is 1. The smallest absolute Gasteiger partial charge is 0.338 e. The van der Waals surface area contributed by atoms with Crippen molar-refractivity contribution >= 4 is 39.3 Å². The average Bonchev–Trinajstić information content (AvgIpc) is 3.42. The minimum atomic E-state index is -0.702. The molecule has 2 aromatic carbocycles. The summed E-state index contributed by atoms with van der Waals surface area (Å²) in [5.74, 6) is 1.44. The maximum atomic E-state index is 13.7. The fourth-order valence-electron chi connectivity index (χ4n) is 4.11. The molecule has 0 saturated carbocycles. The van der Waals surface area contributed by atoms with Gasteiger partial charge in [-0.2, -0.15) is 0 Å². The first-order chi connectivity index (χ1) is 16.9. The van der Waals surface area contributed by atoms with Crippen molar-refractivity contribution in [3.05, 3.63) is 83.0 Å². The zero-order valence-electron chi connectivity index (χ0n) is 19.2. The molecule has 0 saturated heterocycles. The molecule has 2 aliphatic rings. The van der Waals surface area contributed by atoms with E-state index in [2.05, 4.69) is 20.9 Å². The molecular formula is C25H21BrN2O6S.